The predicted octanol–water partition coefficient (Wildman–Crippen LogP) is 2.97. The fourth-order valence-corrected chi connectivity index (χ4v) is 3.89. The monoisotopic (exact) mass is 261 g/mol. The highest BCUT2D eigenvalue weighted by Crippen LogP contribution is 2.50. The van der Waals surface area contributed by atoms with Gasteiger partial charge in [-0.05, 0) is 44.4 Å². The average molecular weight is 262 g/mol. The summed E-state index contributed by atoms with van der Waals surface area (Å²) in [4.78, 5) is 6.45. The standard InChI is InChI=1S/C14H16ClN3/c1-18-12-2-3-13(14(18,9-16)5-4-12)10-6-11(15)8-17-7-10/h6-8,12-13H,2-5H2,1H3/t12-,13?,14+/m1/s1. The third-order valence-electron chi connectivity index (χ3n) is 4.72. The minimum Gasteiger partial charge on any atom is -0.285 e. The van der Waals surface area contributed by atoms with Gasteiger partial charge >= 0.3 is 0 Å². The average Bonchev–Trinajstić information content (AvgIpc) is 2.60. The van der Waals surface area contributed by atoms with Gasteiger partial charge in [-0.2, -0.15) is 5.26 Å². The third kappa shape index (κ3) is 1.56. The van der Waals surface area contributed by atoms with Gasteiger partial charge in [0.2, 0.25) is 0 Å². The zero-order valence-corrected chi connectivity index (χ0v) is 11.2. The summed E-state index contributed by atoms with van der Waals surface area (Å²) in [5.74, 6) is 0.234. The molecule has 0 radical (unpaired) electrons. The first-order chi connectivity index (χ1) is 8.67. The van der Waals surface area contributed by atoms with Crippen LogP contribution in [0, 0.1) is 11.3 Å². The molecule has 0 aliphatic carbocycles. The Labute approximate surface area is 112 Å². The molecule has 2 aliphatic heterocycles. The maximum atomic E-state index is 9.69. The lowest BCUT2D eigenvalue weighted by Gasteiger charge is -2.43. The Balaban J connectivity index is 2.04. The molecule has 1 aromatic rings. The molecule has 4 heteroatoms. The van der Waals surface area contributed by atoms with Gasteiger partial charge in [-0.1, -0.05) is 11.6 Å². The Morgan fingerprint density at radius 2 is 2.28 bits per heavy atom. The quantitative estimate of drug-likeness (QED) is 0.780. The van der Waals surface area contributed by atoms with Crippen molar-refractivity contribution in [3.05, 3.63) is 29.0 Å². The molecule has 0 saturated carbocycles. The third-order valence-corrected chi connectivity index (χ3v) is 4.93. The molecule has 3 nitrogen and oxygen atoms in total. The van der Waals surface area contributed by atoms with E-state index in [1.165, 1.54) is 0 Å². The van der Waals surface area contributed by atoms with Crippen molar-refractivity contribution in [1.29, 1.82) is 5.26 Å². The fourth-order valence-electron chi connectivity index (χ4n) is 3.71. The summed E-state index contributed by atoms with van der Waals surface area (Å²) in [6.45, 7) is 0. The molecule has 2 bridgehead atoms. The number of nitriles is 1. The minimum atomic E-state index is -0.352. The molecule has 2 saturated heterocycles. The van der Waals surface area contributed by atoms with Gasteiger partial charge < -0.3 is 0 Å². The number of fused-ring (bicyclic) bond motifs is 2. The molecule has 0 N–H and O–H groups in total. The van der Waals surface area contributed by atoms with Crippen LogP contribution in [0.4, 0.5) is 0 Å². The zero-order valence-electron chi connectivity index (χ0n) is 10.4. The van der Waals surface area contributed by atoms with Crippen LogP contribution in [0.3, 0.4) is 0 Å². The van der Waals surface area contributed by atoms with Crippen LogP contribution in [0.2, 0.25) is 5.02 Å². The molecule has 94 valence electrons. The van der Waals surface area contributed by atoms with Crippen molar-refractivity contribution >= 4 is 11.6 Å². The first-order valence-electron chi connectivity index (χ1n) is 6.42. The van der Waals surface area contributed by atoms with Crippen molar-refractivity contribution in [3.8, 4) is 6.07 Å². The van der Waals surface area contributed by atoms with Crippen LogP contribution in [0.25, 0.3) is 0 Å². The second-order valence-electron chi connectivity index (χ2n) is 5.41. The predicted molar refractivity (Wildman–Crippen MR) is 70.4 cm³/mol. The number of hydrogen-bond acceptors (Lipinski definition) is 3. The molecular weight excluding hydrogens is 246 g/mol. The van der Waals surface area contributed by atoms with E-state index >= 15 is 0 Å². The number of nitrogens with zero attached hydrogens (tertiary/aromatic N) is 3. The van der Waals surface area contributed by atoms with Crippen LogP contribution in [0.15, 0.2) is 18.5 Å². The summed E-state index contributed by atoms with van der Waals surface area (Å²) in [5.41, 5.74) is 0.756. The van der Waals surface area contributed by atoms with E-state index in [0.717, 1.165) is 31.2 Å². The molecule has 2 fully saturated rings. The van der Waals surface area contributed by atoms with E-state index in [0.29, 0.717) is 11.1 Å². The van der Waals surface area contributed by atoms with Crippen LogP contribution in [-0.2, 0) is 0 Å². The van der Waals surface area contributed by atoms with Crippen molar-refractivity contribution in [2.45, 2.75) is 43.2 Å². The van der Waals surface area contributed by atoms with Gasteiger partial charge in [0.25, 0.3) is 0 Å². The number of likely N-dealkylation sites (N-methyl/N-ethyl adjacent to an activating group) is 1. The van der Waals surface area contributed by atoms with Crippen molar-refractivity contribution < 1.29 is 0 Å². The fraction of sp³-hybridized carbons (Fsp3) is 0.571. The molecule has 1 aromatic heterocycles. The highest BCUT2D eigenvalue weighted by molar-refractivity contribution is 6.30. The van der Waals surface area contributed by atoms with Crippen LogP contribution >= 0.6 is 11.6 Å². The Hall–Kier alpha value is -1.11. The van der Waals surface area contributed by atoms with Crippen molar-refractivity contribution in [2.24, 2.45) is 0 Å². The van der Waals surface area contributed by atoms with Gasteiger partial charge in [0.15, 0.2) is 0 Å². The summed E-state index contributed by atoms with van der Waals surface area (Å²) >= 11 is 6.03. The highest BCUT2D eigenvalue weighted by Gasteiger charge is 2.53. The SMILES string of the molecule is CN1[C@@H]2CCC(c3cncc(Cl)c3)[C@@]1(C#N)CC2. The van der Waals surface area contributed by atoms with Crippen LogP contribution in [-0.4, -0.2) is 28.5 Å². The molecular formula is C14H16ClN3. The first kappa shape index (κ1) is 12.0. The van der Waals surface area contributed by atoms with E-state index in [1.807, 2.05) is 12.3 Å². The molecule has 0 spiro atoms. The number of aromatic nitrogens is 1. The zero-order chi connectivity index (χ0) is 12.8. The largest absolute Gasteiger partial charge is 0.285 e. The van der Waals surface area contributed by atoms with Crippen molar-refractivity contribution in [3.63, 3.8) is 0 Å². The van der Waals surface area contributed by atoms with Crippen molar-refractivity contribution in [2.75, 3.05) is 7.05 Å². The lowest BCUT2D eigenvalue weighted by atomic mass is 9.75. The van der Waals surface area contributed by atoms with E-state index in [-0.39, 0.29) is 11.5 Å². The van der Waals surface area contributed by atoms with E-state index < -0.39 is 0 Å². The maximum absolute atomic E-state index is 9.69. The smallest absolute Gasteiger partial charge is 0.116 e. The van der Waals surface area contributed by atoms with E-state index in [2.05, 4.69) is 23.0 Å². The number of pyridine rings is 1. The topological polar surface area (TPSA) is 39.9 Å². The molecule has 3 atom stereocenters. The second-order valence-corrected chi connectivity index (χ2v) is 5.84. The molecule has 0 aromatic carbocycles. The van der Waals surface area contributed by atoms with Gasteiger partial charge in [-0.3, -0.25) is 9.88 Å². The first-order valence-corrected chi connectivity index (χ1v) is 6.80. The lowest BCUT2D eigenvalue weighted by molar-refractivity contribution is 0.104. The Morgan fingerprint density at radius 3 is 3.00 bits per heavy atom. The molecule has 2 aliphatic rings. The Morgan fingerprint density at radius 1 is 1.44 bits per heavy atom. The van der Waals surface area contributed by atoms with Crippen LogP contribution < -0.4 is 0 Å². The summed E-state index contributed by atoms with van der Waals surface area (Å²) < 4.78 is 0. The molecule has 0 amide bonds. The van der Waals surface area contributed by atoms with Gasteiger partial charge in [-0.15, -0.1) is 0 Å². The number of piperidine rings is 1. The summed E-state index contributed by atoms with van der Waals surface area (Å²) in [5, 5.41) is 10.4. The van der Waals surface area contributed by atoms with Gasteiger partial charge in [0, 0.05) is 24.4 Å². The Bertz CT molecular complexity index is 510. The summed E-state index contributed by atoms with van der Waals surface area (Å²) in [6.07, 6.45) is 7.83. The van der Waals surface area contributed by atoms with E-state index in [9.17, 15) is 5.26 Å². The molecule has 18 heavy (non-hydrogen) atoms. The van der Waals surface area contributed by atoms with Gasteiger partial charge in [0.05, 0.1) is 11.1 Å². The normalized spacial score (nSPS) is 35.4. The molecule has 1 unspecified atom stereocenters. The number of halogens is 1. The van der Waals surface area contributed by atoms with E-state index in [1.54, 1.807) is 6.20 Å². The number of rotatable bonds is 1. The van der Waals surface area contributed by atoms with Crippen molar-refractivity contribution in [1.82, 2.24) is 9.88 Å². The van der Waals surface area contributed by atoms with Gasteiger partial charge in [0.1, 0.15) is 5.54 Å². The summed E-state index contributed by atoms with van der Waals surface area (Å²) in [6, 6.07) is 5.12. The van der Waals surface area contributed by atoms with Crippen LogP contribution in [0.1, 0.15) is 37.2 Å². The Kier molecular flexibility index (Phi) is 2.80. The second kappa shape index (κ2) is 4.22. The molecule has 3 heterocycles. The molecule has 3 rings (SSSR count). The number of hydrogen-bond donors (Lipinski definition) is 0. The van der Waals surface area contributed by atoms with Crippen LogP contribution in [0.5, 0.6) is 0 Å². The summed E-state index contributed by atoms with van der Waals surface area (Å²) in [7, 11) is 2.09. The maximum Gasteiger partial charge on any atom is 0.116 e. The van der Waals surface area contributed by atoms with Gasteiger partial charge in [-0.25, -0.2) is 0 Å². The van der Waals surface area contributed by atoms with E-state index in [4.69, 9.17) is 11.6 Å². The lowest BCUT2D eigenvalue weighted by Crippen LogP contribution is -2.51. The minimum absolute atomic E-state index is 0.234. The highest BCUT2D eigenvalue weighted by atomic mass is 35.5.